The fourth-order valence-corrected chi connectivity index (χ4v) is 4.64. The van der Waals surface area contributed by atoms with Gasteiger partial charge < -0.3 is 0 Å². The van der Waals surface area contributed by atoms with Crippen molar-refractivity contribution in [3.63, 3.8) is 0 Å². The Morgan fingerprint density at radius 2 is 1.67 bits per heavy atom. The summed E-state index contributed by atoms with van der Waals surface area (Å²) in [5.74, 6) is -1.25. The van der Waals surface area contributed by atoms with Gasteiger partial charge in [-0.1, -0.05) is 24.6 Å². The number of hydrogen-bond acceptors (Lipinski definition) is 5. The van der Waals surface area contributed by atoms with Gasteiger partial charge in [-0.15, -0.1) is 0 Å². The van der Waals surface area contributed by atoms with Gasteiger partial charge in [0.1, 0.15) is 23.5 Å². The van der Waals surface area contributed by atoms with Crippen LogP contribution in [0.2, 0.25) is 5.02 Å². The van der Waals surface area contributed by atoms with Crippen molar-refractivity contribution in [1.29, 1.82) is 5.26 Å². The Morgan fingerprint density at radius 1 is 1.03 bits per heavy atom. The van der Waals surface area contributed by atoms with Gasteiger partial charge in [-0.2, -0.15) is 5.26 Å². The second-order valence-electron chi connectivity index (χ2n) is 8.91. The predicted molar refractivity (Wildman–Crippen MR) is 136 cm³/mol. The van der Waals surface area contributed by atoms with Crippen LogP contribution in [0.1, 0.15) is 50.3 Å². The van der Waals surface area contributed by atoms with Crippen LogP contribution < -0.4 is 11.2 Å². The highest BCUT2D eigenvalue weighted by Crippen LogP contribution is 2.21. The molecule has 3 aromatic rings. The van der Waals surface area contributed by atoms with Crippen LogP contribution in [0.5, 0.6) is 0 Å². The van der Waals surface area contributed by atoms with Gasteiger partial charge in [-0.3, -0.25) is 23.5 Å². The third-order valence-electron chi connectivity index (χ3n) is 6.12. The zero-order valence-corrected chi connectivity index (χ0v) is 21.2. The molecule has 36 heavy (non-hydrogen) atoms. The Labute approximate surface area is 212 Å². The molecule has 1 aromatic heterocycles. The topological polar surface area (TPSA) is 102 Å². The quantitative estimate of drug-likeness (QED) is 0.406. The number of fused-ring (bicyclic) bond motifs is 1. The fourth-order valence-electron chi connectivity index (χ4n) is 4.40. The lowest BCUT2D eigenvalue weighted by molar-refractivity contribution is -0.121. The van der Waals surface area contributed by atoms with Crippen LogP contribution in [-0.4, -0.2) is 20.7 Å². The molecule has 0 amide bonds. The number of benzene rings is 2. The van der Waals surface area contributed by atoms with E-state index in [1.165, 1.54) is 10.6 Å². The van der Waals surface area contributed by atoms with Crippen LogP contribution >= 0.6 is 11.6 Å². The molecule has 1 heterocycles. The summed E-state index contributed by atoms with van der Waals surface area (Å²) in [4.78, 5) is 50.5. The van der Waals surface area contributed by atoms with E-state index >= 15 is 0 Å². The normalized spacial score (nSPS) is 11.9. The van der Waals surface area contributed by atoms with Gasteiger partial charge in [0.25, 0.3) is 5.56 Å². The minimum absolute atomic E-state index is 0.0744. The van der Waals surface area contributed by atoms with Crippen molar-refractivity contribution in [2.45, 2.75) is 59.5 Å². The number of aromatic nitrogens is 2. The van der Waals surface area contributed by atoms with E-state index in [9.17, 15) is 23.6 Å². The predicted octanol–water partition coefficient (Wildman–Crippen LogP) is 4.21. The minimum Gasteiger partial charge on any atom is -0.299 e. The fraction of sp³-hybridized carbons (Fsp3) is 0.370. The van der Waals surface area contributed by atoms with Crippen LogP contribution in [-0.2, 0) is 35.5 Å². The lowest BCUT2D eigenvalue weighted by Crippen LogP contribution is -2.39. The van der Waals surface area contributed by atoms with Crippen LogP contribution in [0.15, 0.2) is 39.9 Å². The van der Waals surface area contributed by atoms with E-state index in [4.69, 9.17) is 16.9 Å². The van der Waals surface area contributed by atoms with Crippen LogP contribution in [0.25, 0.3) is 10.9 Å². The van der Waals surface area contributed by atoms with Gasteiger partial charge in [0.15, 0.2) is 0 Å². The molecule has 9 heteroatoms. The second-order valence-corrected chi connectivity index (χ2v) is 9.31. The molecule has 2 aromatic carbocycles. The SMILES string of the molecule is CCn1c(=O)c2cc(CC(=O)CC(C)CC(=O)Cc3ccc(C#N)c(Cl)c3)c(F)cc2n(CC)c1=O. The molecule has 1 atom stereocenters. The summed E-state index contributed by atoms with van der Waals surface area (Å²) in [5, 5.41) is 9.42. The van der Waals surface area contributed by atoms with E-state index in [1.807, 2.05) is 6.07 Å². The number of carbonyl (C=O) groups excluding carboxylic acids is 2. The average molecular weight is 512 g/mol. The zero-order valence-electron chi connectivity index (χ0n) is 20.4. The minimum atomic E-state index is -0.660. The molecule has 188 valence electrons. The molecule has 0 aliphatic rings. The zero-order chi connectivity index (χ0) is 26.6. The molecule has 1 unspecified atom stereocenters. The summed E-state index contributed by atoms with van der Waals surface area (Å²) in [7, 11) is 0. The second kappa shape index (κ2) is 11.4. The number of carbonyl (C=O) groups is 2. The van der Waals surface area contributed by atoms with E-state index in [2.05, 4.69) is 0 Å². The Bertz CT molecular complexity index is 1500. The number of aryl methyl sites for hydroxylation is 1. The molecule has 0 saturated carbocycles. The molecule has 0 saturated heterocycles. The molecular formula is C27H27ClFN3O4. The first kappa shape index (κ1) is 27.0. The number of Topliss-reactive ketones (excluding diaryl/α,β-unsaturated/α-hetero) is 2. The van der Waals surface area contributed by atoms with E-state index in [-0.39, 0.29) is 77.7 Å². The van der Waals surface area contributed by atoms with Crippen molar-refractivity contribution in [3.05, 3.63) is 78.7 Å². The van der Waals surface area contributed by atoms with Gasteiger partial charge in [0, 0.05) is 38.8 Å². The van der Waals surface area contributed by atoms with Crippen LogP contribution in [0.3, 0.4) is 0 Å². The lowest BCUT2D eigenvalue weighted by atomic mass is 9.93. The Morgan fingerprint density at radius 3 is 2.25 bits per heavy atom. The molecular weight excluding hydrogens is 485 g/mol. The number of nitrogens with zero attached hydrogens (tertiary/aromatic N) is 3. The highest BCUT2D eigenvalue weighted by atomic mass is 35.5. The lowest BCUT2D eigenvalue weighted by Gasteiger charge is -2.14. The van der Waals surface area contributed by atoms with E-state index < -0.39 is 17.1 Å². The molecule has 0 aliphatic heterocycles. The first-order valence-electron chi connectivity index (χ1n) is 11.8. The van der Waals surface area contributed by atoms with Crippen molar-refractivity contribution in [3.8, 4) is 6.07 Å². The molecule has 0 N–H and O–H groups in total. The van der Waals surface area contributed by atoms with Crippen molar-refractivity contribution < 1.29 is 14.0 Å². The maximum Gasteiger partial charge on any atom is 0.331 e. The molecule has 0 bridgehead atoms. The largest absolute Gasteiger partial charge is 0.331 e. The summed E-state index contributed by atoms with van der Waals surface area (Å²) in [6.07, 6.45) is 0.146. The summed E-state index contributed by atoms with van der Waals surface area (Å²) in [6.45, 7) is 5.64. The summed E-state index contributed by atoms with van der Waals surface area (Å²) in [5.41, 5.74) is 0.288. The number of halogens is 2. The number of ketones is 2. The Balaban J connectivity index is 1.71. The average Bonchev–Trinajstić information content (AvgIpc) is 2.80. The summed E-state index contributed by atoms with van der Waals surface area (Å²) in [6, 6.07) is 9.28. The van der Waals surface area contributed by atoms with Gasteiger partial charge in [-0.05, 0) is 55.2 Å². The third kappa shape index (κ3) is 5.80. The molecule has 0 radical (unpaired) electrons. The Hall–Kier alpha value is -3.57. The number of rotatable bonds is 10. The van der Waals surface area contributed by atoms with Crippen molar-refractivity contribution in [2.75, 3.05) is 0 Å². The Kier molecular flexibility index (Phi) is 8.59. The van der Waals surface area contributed by atoms with Crippen molar-refractivity contribution in [1.82, 2.24) is 9.13 Å². The molecule has 0 aliphatic carbocycles. The first-order valence-corrected chi connectivity index (χ1v) is 12.1. The molecule has 7 nitrogen and oxygen atoms in total. The van der Waals surface area contributed by atoms with E-state index in [0.717, 1.165) is 10.6 Å². The van der Waals surface area contributed by atoms with Crippen molar-refractivity contribution in [2.24, 2.45) is 5.92 Å². The smallest absolute Gasteiger partial charge is 0.299 e. The van der Waals surface area contributed by atoms with E-state index in [1.54, 1.807) is 39.0 Å². The number of nitriles is 1. The van der Waals surface area contributed by atoms with Crippen LogP contribution in [0.4, 0.5) is 4.39 Å². The molecule has 0 fully saturated rings. The molecule has 3 rings (SSSR count). The number of hydrogen-bond donors (Lipinski definition) is 0. The summed E-state index contributed by atoms with van der Waals surface area (Å²) < 4.78 is 17.3. The van der Waals surface area contributed by atoms with Crippen LogP contribution in [0, 0.1) is 23.1 Å². The van der Waals surface area contributed by atoms with Gasteiger partial charge in [-0.25, -0.2) is 9.18 Å². The van der Waals surface area contributed by atoms with Gasteiger partial charge in [0.2, 0.25) is 0 Å². The van der Waals surface area contributed by atoms with Gasteiger partial charge >= 0.3 is 5.69 Å². The van der Waals surface area contributed by atoms with E-state index in [0.29, 0.717) is 11.1 Å². The van der Waals surface area contributed by atoms with Crippen molar-refractivity contribution >= 4 is 34.1 Å². The third-order valence-corrected chi connectivity index (χ3v) is 6.43. The molecule has 0 spiro atoms. The first-order chi connectivity index (χ1) is 17.1. The highest BCUT2D eigenvalue weighted by Gasteiger charge is 2.19. The summed E-state index contributed by atoms with van der Waals surface area (Å²) >= 11 is 6.02. The standard InChI is InChI=1S/C27H27ClFN3O4/c1-4-31-25-14-24(29)19(13-22(25)26(35)32(5-2)27(31)36)12-21(34)9-16(3)8-20(33)10-17-6-7-18(15-30)23(28)11-17/h6-7,11,13-14,16H,4-5,8-10,12H2,1-3H3. The monoisotopic (exact) mass is 511 g/mol. The maximum atomic E-state index is 14.9. The maximum absolute atomic E-state index is 14.9. The van der Waals surface area contributed by atoms with Gasteiger partial charge in [0.05, 0.1) is 21.5 Å². The highest BCUT2D eigenvalue weighted by molar-refractivity contribution is 6.31.